The first-order valence-corrected chi connectivity index (χ1v) is 6.80. The van der Waals surface area contributed by atoms with Gasteiger partial charge in [0.1, 0.15) is 0 Å². The molecule has 1 aliphatic heterocycles. The van der Waals surface area contributed by atoms with E-state index in [1.807, 2.05) is 6.92 Å². The van der Waals surface area contributed by atoms with Gasteiger partial charge >= 0.3 is 0 Å². The van der Waals surface area contributed by atoms with E-state index in [1.54, 1.807) is 0 Å². The van der Waals surface area contributed by atoms with Crippen molar-refractivity contribution in [2.75, 3.05) is 18.0 Å². The fourth-order valence-electron chi connectivity index (χ4n) is 2.40. The van der Waals surface area contributed by atoms with Gasteiger partial charge in [-0.2, -0.15) is 0 Å². The van der Waals surface area contributed by atoms with Gasteiger partial charge in [0.15, 0.2) is 0 Å². The standard InChI is InChI=1S/C15H24N2O/c1-10(2)15(18)9-17-7-6-13-8-12(11(3)16)4-5-14(13)17/h4-5,8,10-11,15,18H,6-7,9,16H2,1-3H3. The number of benzene rings is 1. The van der Waals surface area contributed by atoms with Crippen LogP contribution in [0.25, 0.3) is 0 Å². The smallest absolute Gasteiger partial charge is 0.0737 e. The van der Waals surface area contributed by atoms with Crippen LogP contribution in [-0.4, -0.2) is 24.3 Å². The number of nitrogens with two attached hydrogens (primary N) is 1. The summed E-state index contributed by atoms with van der Waals surface area (Å²) >= 11 is 0. The van der Waals surface area contributed by atoms with Crippen LogP contribution in [0.15, 0.2) is 18.2 Å². The lowest BCUT2D eigenvalue weighted by atomic mass is 10.0. The zero-order valence-corrected chi connectivity index (χ0v) is 11.6. The summed E-state index contributed by atoms with van der Waals surface area (Å²) in [5.41, 5.74) is 9.73. The van der Waals surface area contributed by atoms with E-state index in [1.165, 1.54) is 16.8 Å². The first-order valence-electron chi connectivity index (χ1n) is 6.80. The van der Waals surface area contributed by atoms with Gasteiger partial charge in [0.2, 0.25) is 0 Å². The van der Waals surface area contributed by atoms with Gasteiger partial charge in [-0.15, -0.1) is 0 Å². The summed E-state index contributed by atoms with van der Waals surface area (Å²) in [6.07, 6.45) is 0.796. The van der Waals surface area contributed by atoms with Crippen molar-refractivity contribution in [3.63, 3.8) is 0 Å². The van der Waals surface area contributed by atoms with Gasteiger partial charge in [-0.3, -0.25) is 0 Å². The molecule has 0 spiro atoms. The summed E-state index contributed by atoms with van der Waals surface area (Å²) in [5, 5.41) is 9.99. The number of nitrogens with zero attached hydrogens (tertiary/aromatic N) is 1. The third-order valence-corrected chi connectivity index (χ3v) is 3.80. The third-order valence-electron chi connectivity index (χ3n) is 3.80. The van der Waals surface area contributed by atoms with Crippen molar-refractivity contribution in [3.05, 3.63) is 29.3 Å². The van der Waals surface area contributed by atoms with Gasteiger partial charge in [-0.1, -0.05) is 26.0 Å². The highest BCUT2D eigenvalue weighted by atomic mass is 16.3. The average Bonchev–Trinajstić information content (AvgIpc) is 2.71. The lowest BCUT2D eigenvalue weighted by Gasteiger charge is -2.25. The molecule has 3 nitrogen and oxygen atoms in total. The third kappa shape index (κ3) is 2.68. The Bertz CT molecular complexity index is 415. The molecule has 0 radical (unpaired) electrons. The van der Waals surface area contributed by atoms with Crippen LogP contribution in [0.1, 0.15) is 37.9 Å². The number of hydrogen-bond acceptors (Lipinski definition) is 3. The molecule has 2 unspecified atom stereocenters. The Kier molecular flexibility index (Phi) is 3.93. The van der Waals surface area contributed by atoms with Gasteiger partial charge < -0.3 is 15.7 Å². The highest BCUT2D eigenvalue weighted by Crippen LogP contribution is 2.30. The minimum Gasteiger partial charge on any atom is -0.391 e. The van der Waals surface area contributed by atoms with E-state index in [2.05, 4.69) is 36.9 Å². The molecule has 0 saturated carbocycles. The zero-order chi connectivity index (χ0) is 13.3. The predicted octanol–water partition coefficient (Wildman–Crippen LogP) is 2.09. The van der Waals surface area contributed by atoms with Crippen LogP contribution < -0.4 is 10.6 Å². The average molecular weight is 248 g/mol. The van der Waals surface area contributed by atoms with Crippen LogP contribution >= 0.6 is 0 Å². The summed E-state index contributed by atoms with van der Waals surface area (Å²) in [4.78, 5) is 2.28. The number of aliphatic hydroxyl groups excluding tert-OH is 1. The lowest BCUT2D eigenvalue weighted by Crippen LogP contribution is -2.33. The number of hydrogen-bond donors (Lipinski definition) is 2. The Labute approximate surface area is 110 Å². The summed E-state index contributed by atoms with van der Waals surface area (Å²) in [6, 6.07) is 6.55. The monoisotopic (exact) mass is 248 g/mol. The molecule has 1 aromatic carbocycles. The minimum absolute atomic E-state index is 0.0885. The molecule has 1 heterocycles. The molecule has 1 aromatic rings. The fourth-order valence-corrected chi connectivity index (χ4v) is 2.40. The molecule has 3 heteroatoms. The molecule has 2 atom stereocenters. The minimum atomic E-state index is -0.260. The molecule has 1 aliphatic rings. The van der Waals surface area contributed by atoms with Crippen molar-refractivity contribution >= 4 is 5.69 Å². The van der Waals surface area contributed by atoms with E-state index in [9.17, 15) is 5.11 Å². The van der Waals surface area contributed by atoms with Gasteiger partial charge in [0.05, 0.1) is 6.10 Å². The van der Waals surface area contributed by atoms with E-state index < -0.39 is 0 Å². The van der Waals surface area contributed by atoms with Crippen molar-refractivity contribution in [1.29, 1.82) is 0 Å². The summed E-state index contributed by atoms with van der Waals surface area (Å²) in [7, 11) is 0. The van der Waals surface area contributed by atoms with Crippen molar-refractivity contribution < 1.29 is 5.11 Å². The maximum Gasteiger partial charge on any atom is 0.0737 e. The number of aliphatic hydroxyl groups is 1. The second kappa shape index (κ2) is 5.29. The van der Waals surface area contributed by atoms with Gasteiger partial charge in [0, 0.05) is 24.8 Å². The van der Waals surface area contributed by atoms with E-state index >= 15 is 0 Å². The molecule has 18 heavy (non-hydrogen) atoms. The maximum absolute atomic E-state index is 9.99. The van der Waals surface area contributed by atoms with Crippen molar-refractivity contribution in [1.82, 2.24) is 0 Å². The van der Waals surface area contributed by atoms with Crippen LogP contribution in [0, 0.1) is 5.92 Å². The summed E-state index contributed by atoms with van der Waals surface area (Å²) in [6.45, 7) is 7.85. The topological polar surface area (TPSA) is 49.5 Å². The predicted molar refractivity (Wildman–Crippen MR) is 75.8 cm³/mol. The largest absolute Gasteiger partial charge is 0.391 e. The van der Waals surface area contributed by atoms with Crippen LogP contribution in [-0.2, 0) is 6.42 Å². The first kappa shape index (κ1) is 13.4. The van der Waals surface area contributed by atoms with Gasteiger partial charge in [0.25, 0.3) is 0 Å². The zero-order valence-electron chi connectivity index (χ0n) is 11.6. The Morgan fingerprint density at radius 1 is 1.33 bits per heavy atom. The second-order valence-electron chi connectivity index (χ2n) is 5.68. The number of β-amino-alcohol motifs (C(OH)–C–C–N with tert-alkyl or cyclic N) is 1. The normalized spacial score (nSPS) is 18.0. The number of rotatable bonds is 4. The van der Waals surface area contributed by atoms with E-state index in [-0.39, 0.29) is 12.1 Å². The highest BCUT2D eigenvalue weighted by molar-refractivity contribution is 5.59. The van der Waals surface area contributed by atoms with Crippen molar-refractivity contribution in [2.45, 2.75) is 39.3 Å². The van der Waals surface area contributed by atoms with Crippen LogP contribution in [0.2, 0.25) is 0 Å². The van der Waals surface area contributed by atoms with E-state index in [0.29, 0.717) is 5.92 Å². The molecule has 100 valence electrons. The second-order valence-corrected chi connectivity index (χ2v) is 5.68. The molecule has 0 saturated heterocycles. The Morgan fingerprint density at radius 3 is 2.67 bits per heavy atom. The van der Waals surface area contributed by atoms with E-state index in [4.69, 9.17) is 5.73 Å². The summed E-state index contributed by atoms with van der Waals surface area (Å²) in [5.74, 6) is 0.303. The first-order chi connectivity index (χ1) is 8.49. The van der Waals surface area contributed by atoms with Gasteiger partial charge in [-0.25, -0.2) is 0 Å². The Hall–Kier alpha value is -1.06. The van der Waals surface area contributed by atoms with Crippen molar-refractivity contribution in [3.8, 4) is 0 Å². The molecule has 0 aliphatic carbocycles. The SMILES string of the molecule is CC(N)c1ccc2c(c1)CCN2CC(O)C(C)C. The van der Waals surface area contributed by atoms with E-state index in [0.717, 1.165) is 19.5 Å². The lowest BCUT2D eigenvalue weighted by molar-refractivity contribution is 0.131. The number of anilines is 1. The highest BCUT2D eigenvalue weighted by Gasteiger charge is 2.22. The Balaban J connectivity index is 2.14. The molecular formula is C15H24N2O. The summed E-state index contributed by atoms with van der Waals surface area (Å²) < 4.78 is 0. The molecular weight excluding hydrogens is 224 g/mol. The quantitative estimate of drug-likeness (QED) is 0.858. The molecule has 3 N–H and O–H groups in total. The van der Waals surface area contributed by atoms with Crippen LogP contribution in [0.3, 0.4) is 0 Å². The molecule has 0 amide bonds. The molecule has 0 bridgehead atoms. The fraction of sp³-hybridized carbons (Fsp3) is 0.600. The molecule has 0 aromatic heterocycles. The van der Waals surface area contributed by atoms with Crippen molar-refractivity contribution in [2.24, 2.45) is 11.7 Å². The Morgan fingerprint density at radius 2 is 2.06 bits per heavy atom. The molecule has 2 rings (SSSR count). The van der Waals surface area contributed by atoms with Crippen LogP contribution in [0.4, 0.5) is 5.69 Å². The maximum atomic E-state index is 9.99. The molecule has 0 fully saturated rings. The number of fused-ring (bicyclic) bond motifs is 1. The van der Waals surface area contributed by atoms with Crippen LogP contribution in [0.5, 0.6) is 0 Å². The van der Waals surface area contributed by atoms with Gasteiger partial charge in [-0.05, 0) is 36.5 Å².